The monoisotopic (exact) mass is 439 g/mol. The van der Waals surface area contributed by atoms with Crippen LogP contribution >= 0.6 is 11.6 Å². The summed E-state index contributed by atoms with van der Waals surface area (Å²) < 4.78 is 15.2. The highest BCUT2D eigenvalue weighted by Crippen LogP contribution is 2.43. The van der Waals surface area contributed by atoms with Crippen molar-refractivity contribution in [1.29, 1.82) is 0 Å². The van der Waals surface area contributed by atoms with Crippen molar-refractivity contribution in [3.63, 3.8) is 0 Å². The van der Waals surface area contributed by atoms with Gasteiger partial charge in [0.15, 0.2) is 5.82 Å². The van der Waals surface area contributed by atoms with Crippen LogP contribution in [0.4, 0.5) is 16.2 Å². The van der Waals surface area contributed by atoms with Crippen LogP contribution in [0.1, 0.15) is 11.4 Å². The predicted octanol–water partition coefficient (Wildman–Crippen LogP) is 2.93. The maximum Gasteiger partial charge on any atom is 0.231 e. The molecule has 3 aliphatic heterocycles. The molecule has 2 saturated heterocycles. The van der Waals surface area contributed by atoms with Crippen molar-refractivity contribution < 1.29 is 4.39 Å². The lowest BCUT2D eigenvalue weighted by Crippen LogP contribution is -2.73. The molecule has 3 aromatic rings. The van der Waals surface area contributed by atoms with E-state index < -0.39 is 6.67 Å². The van der Waals surface area contributed by atoms with Gasteiger partial charge in [-0.1, -0.05) is 17.7 Å². The van der Waals surface area contributed by atoms with E-state index in [1.165, 1.54) is 0 Å². The molecule has 0 aliphatic carbocycles. The molecule has 160 valence electrons. The first-order valence-electron chi connectivity index (χ1n) is 10.6. The number of halogens is 2. The van der Waals surface area contributed by atoms with Crippen molar-refractivity contribution in [2.24, 2.45) is 5.41 Å². The van der Waals surface area contributed by atoms with Gasteiger partial charge in [-0.25, -0.2) is 9.37 Å². The van der Waals surface area contributed by atoms with Crippen molar-refractivity contribution >= 4 is 23.4 Å². The van der Waals surface area contributed by atoms with Gasteiger partial charge < -0.3 is 9.80 Å². The number of nitrogens with zero attached hydrogens (tertiary/aromatic N) is 7. The van der Waals surface area contributed by atoms with Crippen LogP contribution in [0.2, 0.25) is 5.02 Å². The van der Waals surface area contributed by atoms with Crippen LogP contribution in [-0.2, 0) is 13.1 Å². The van der Waals surface area contributed by atoms with Crippen LogP contribution in [0.15, 0.2) is 42.6 Å². The summed E-state index contributed by atoms with van der Waals surface area (Å²) in [5, 5.41) is 9.70. The Labute approximate surface area is 185 Å². The number of fused-ring (bicyclic) bond motifs is 3. The lowest BCUT2D eigenvalue weighted by Gasteiger charge is -2.60. The van der Waals surface area contributed by atoms with Gasteiger partial charge >= 0.3 is 0 Å². The minimum atomic E-state index is -0.391. The van der Waals surface area contributed by atoms with Crippen LogP contribution in [-0.4, -0.2) is 64.0 Å². The maximum absolute atomic E-state index is 13.1. The summed E-state index contributed by atoms with van der Waals surface area (Å²) in [6.45, 7) is 5.11. The van der Waals surface area contributed by atoms with Crippen LogP contribution in [0.5, 0.6) is 0 Å². The van der Waals surface area contributed by atoms with Crippen molar-refractivity contribution in [2.45, 2.75) is 13.1 Å². The molecule has 5 heterocycles. The summed E-state index contributed by atoms with van der Waals surface area (Å²) in [4.78, 5) is 11.1. The molecule has 0 atom stereocenters. The third-order valence-corrected chi connectivity index (χ3v) is 6.75. The van der Waals surface area contributed by atoms with Crippen molar-refractivity contribution in [1.82, 2.24) is 24.6 Å². The second kappa shape index (κ2) is 7.17. The van der Waals surface area contributed by atoms with Crippen LogP contribution in [0, 0.1) is 5.41 Å². The average Bonchev–Trinajstić information content (AvgIpc) is 3.03. The summed E-state index contributed by atoms with van der Waals surface area (Å²) in [6.07, 6.45) is 1.84. The Morgan fingerprint density at radius 1 is 1.00 bits per heavy atom. The topological polar surface area (TPSA) is 53.3 Å². The molecule has 6 rings (SSSR count). The third-order valence-electron chi connectivity index (χ3n) is 6.52. The molecule has 0 unspecified atom stereocenters. The number of hydrogen-bond acceptors (Lipinski definition) is 6. The number of anilines is 2. The van der Waals surface area contributed by atoms with Gasteiger partial charge in [0.1, 0.15) is 12.5 Å². The molecular weight excluding hydrogens is 417 g/mol. The van der Waals surface area contributed by atoms with Crippen molar-refractivity contribution in [3.8, 4) is 5.69 Å². The smallest absolute Gasteiger partial charge is 0.231 e. The van der Waals surface area contributed by atoms with Crippen molar-refractivity contribution in [2.75, 3.05) is 49.2 Å². The van der Waals surface area contributed by atoms with Gasteiger partial charge in [-0.05, 0) is 35.9 Å². The summed E-state index contributed by atoms with van der Waals surface area (Å²) in [5.41, 5.74) is 2.39. The minimum absolute atomic E-state index is 0.289. The zero-order chi connectivity index (χ0) is 21.0. The highest BCUT2D eigenvalue weighted by atomic mass is 35.5. The standard InChI is InChI=1S/C22H23ClFN7/c23-17-4-5-18-16(9-17)10-28(8-6-24)11-20-26-27-21(31(18)20)30-14-22(15-30)12-29(13-22)19-3-1-2-7-25-19/h1-5,7,9H,6,8,10-15H2. The van der Waals surface area contributed by atoms with Crippen LogP contribution in [0.25, 0.3) is 5.69 Å². The number of aromatic nitrogens is 4. The maximum atomic E-state index is 13.1. The Morgan fingerprint density at radius 2 is 1.84 bits per heavy atom. The molecule has 31 heavy (non-hydrogen) atoms. The highest BCUT2D eigenvalue weighted by Gasteiger charge is 2.53. The molecule has 0 N–H and O–H groups in total. The van der Waals surface area contributed by atoms with Crippen molar-refractivity contribution in [3.05, 3.63) is 59.0 Å². The van der Waals surface area contributed by atoms with Gasteiger partial charge in [-0.2, -0.15) is 0 Å². The Hall–Kier alpha value is -2.71. The van der Waals surface area contributed by atoms with E-state index in [4.69, 9.17) is 11.6 Å². The minimum Gasteiger partial charge on any atom is -0.355 e. The molecule has 7 nitrogen and oxygen atoms in total. The molecule has 0 saturated carbocycles. The second-order valence-corrected chi connectivity index (χ2v) is 9.26. The van der Waals surface area contributed by atoms with E-state index in [2.05, 4.69) is 40.5 Å². The molecule has 3 aliphatic rings. The predicted molar refractivity (Wildman–Crippen MR) is 118 cm³/mol. The lowest BCUT2D eigenvalue weighted by molar-refractivity contribution is 0.153. The summed E-state index contributed by atoms with van der Waals surface area (Å²) in [6, 6.07) is 11.9. The number of rotatable bonds is 4. The quantitative estimate of drug-likeness (QED) is 0.623. The van der Waals surface area contributed by atoms with Gasteiger partial charge in [-0.15, -0.1) is 10.2 Å². The average molecular weight is 440 g/mol. The summed E-state index contributed by atoms with van der Waals surface area (Å²) in [7, 11) is 0. The molecule has 2 fully saturated rings. The largest absolute Gasteiger partial charge is 0.355 e. The Kier molecular flexibility index (Phi) is 4.40. The number of alkyl halides is 1. The zero-order valence-corrected chi connectivity index (χ0v) is 17.8. The van der Waals surface area contributed by atoms with E-state index in [-0.39, 0.29) is 5.41 Å². The molecule has 2 aromatic heterocycles. The van der Waals surface area contributed by atoms with E-state index in [9.17, 15) is 4.39 Å². The van der Waals surface area contributed by atoms with Gasteiger partial charge in [0.25, 0.3) is 0 Å². The van der Waals surface area contributed by atoms with Gasteiger partial charge in [0.05, 0.1) is 12.2 Å². The second-order valence-electron chi connectivity index (χ2n) is 8.82. The Morgan fingerprint density at radius 3 is 2.61 bits per heavy atom. The first-order valence-corrected chi connectivity index (χ1v) is 10.9. The fourth-order valence-corrected chi connectivity index (χ4v) is 5.30. The molecule has 0 radical (unpaired) electrons. The van der Waals surface area contributed by atoms with E-state index >= 15 is 0 Å². The molecule has 0 bridgehead atoms. The normalized spacial score (nSPS) is 19.4. The molecule has 1 aromatic carbocycles. The van der Waals surface area contributed by atoms with E-state index in [0.717, 1.165) is 55.0 Å². The molecule has 9 heteroatoms. The number of benzene rings is 1. The fourth-order valence-electron chi connectivity index (χ4n) is 5.11. The summed E-state index contributed by atoms with van der Waals surface area (Å²) in [5.74, 6) is 2.75. The highest BCUT2D eigenvalue weighted by molar-refractivity contribution is 6.30. The van der Waals surface area contributed by atoms with Crippen LogP contribution < -0.4 is 9.80 Å². The SMILES string of the molecule is FCCN1Cc2cc(Cl)ccc2-n2c(nnc2N2CC3(CN(c4ccccn4)C3)C2)C1. The summed E-state index contributed by atoms with van der Waals surface area (Å²) >= 11 is 6.27. The van der Waals surface area contributed by atoms with E-state index in [0.29, 0.717) is 24.7 Å². The molecule has 1 spiro atoms. The Balaban J connectivity index is 1.25. The van der Waals surface area contributed by atoms with Gasteiger partial charge in [0.2, 0.25) is 5.95 Å². The first-order chi connectivity index (χ1) is 15.1. The number of pyridine rings is 1. The lowest BCUT2D eigenvalue weighted by atomic mass is 9.73. The van der Waals surface area contributed by atoms with Gasteiger partial charge in [-0.3, -0.25) is 9.47 Å². The third kappa shape index (κ3) is 3.16. The van der Waals surface area contributed by atoms with Gasteiger partial charge in [0, 0.05) is 55.9 Å². The first kappa shape index (κ1) is 19.0. The molecular formula is C22H23ClFN7. The zero-order valence-electron chi connectivity index (χ0n) is 17.1. The van der Waals surface area contributed by atoms with Crippen LogP contribution in [0.3, 0.4) is 0 Å². The molecule has 0 amide bonds. The van der Waals surface area contributed by atoms with E-state index in [1.807, 2.05) is 36.5 Å². The van der Waals surface area contributed by atoms with E-state index in [1.54, 1.807) is 0 Å². The fraction of sp³-hybridized carbons (Fsp3) is 0.409. The Bertz CT molecular complexity index is 1100. The number of hydrogen-bond donors (Lipinski definition) is 0.